The Morgan fingerprint density at radius 1 is 1.35 bits per heavy atom. The van der Waals surface area contributed by atoms with Crippen LogP contribution in [-0.4, -0.2) is 16.9 Å². The molecule has 2 rings (SSSR count). The van der Waals surface area contributed by atoms with E-state index in [1.54, 1.807) is 7.11 Å². The van der Waals surface area contributed by atoms with Crippen LogP contribution in [0.15, 0.2) is 36.7 Å². The van der Waals surface area contributed by atoms with Crippen LogP contribution in [0.5, 0.6) is 5.75 Å². The first-order valence-corrected chi connectivity index (χ1v) is 5.94. The number of hydrogen-bond donors (Lipinski definition) is 0. The van der Waals surface area contributed by atoms with Crippen molar-refractivity contribution in [3.05, 3.63) is 42.2 Å². The largest absolute Gasteiger partial charge is 0.494 e. The molecule has 0 aliphatic carbocycles. The van der Waals surface area contributed by atoms with Gasteiger partial charge in [-0.1, -0.05) is 26.0 Å². The van der Waals surface area contributed by atoms with Crippen LogP contribution in [-0.2, 0) is 0 Å². The Morgan fingerprint density at radius 3 is 2.82 bits per heavy atom. The molecule has 0 unspecified atom stereocenters. The van der Waals surface area contributed by atoms with Crippen LogP contribution in [0.1, 0.15) is 31.7 Å². The van der Waals surface area contributed by atoms with Crippen molar-refractivity contribution in [2.24, 2.45) is 0 Å². The van der Waals surface area contributed by atoms with Gasteiger partial charge < -0.3 is 4.74 Å². The standard InChI is InChI=1S/C14H18N2O/c1-4-11(2)12-9-15-16(10-12)13-7-5-6-8-14(13)17-3/h5-11H,4H2,1-3H3/t11-/m1/s1. The average molecular weight is 230 g/mol. The molecule has 0 fully saturated rings. The molecule has 1 aromatic heterocycles. The second-order valence-electron chi connectivity index (χ2n) is 4.20. The third-order valence-electron chi connectivity index (χ3n) is 3.12. The average Bonchev–Trinajstić information content (AvgIpc) is 2.87. The summed E-state index contributed by atoms with van der Waals surface area (Å²) in [5, 5.41) is 4.40. The topological polar surface area (TPSA) is 27.1 Å². The van der Waals surface area contributed by atoms with E-state index >= 15 is 0 Å². The van der Waals surface area contributed by atoms with Gasteiger partial charge in [-0.3, -0.25) is 0 Å². The van der Waals surface area contributed by atoms with Crippen molar-refractivity contribution >= 4 is 0 Å². The van der Waals surface area contributed by atoms with Crippen LogP contribution in [0.25, 0.3) is 5.69 Å². The molecule has 3 heteroatoms. The summed E-state index contributed by atoms with van der Waals surface area (Å²) in [6.45, 7) is 4.40. The Balaban J connectivity index is 2.37. The molecular weight excluding hydrogens is 212 g/mol. The van der Waals surface area contributed by atoms with Gasteiger partial charge in [-0.2, -0.15) is 5.10 Å². The minimum absolute atomic E-state index is 0.540. The second-order valence-corrected chi connectivity index (χ2v) is 4.20. The molecule has 0 aliphatic rings. The number of benzene rings is 1. The zero-order valence-electron chi connectivity index (χ0n) is 10.6. The van der Waals surface area contributed by atoms with E-state index in [0.29, 0.717) is 5.92 Å². The van der Waals surface area contributed by atoms with Crippen LogP contribution in [0.3, 0.4) is 0 Å². The van der Waals surface area contributed by atoms with Gasteiger partial charge in [0.25, 0.3) is 0 Å². The van der Waals surface area contributed by atoms with Gasteiger partial charge in [0.15, 0.2) is 0 Å². The number of nitrogens with zero attached hydrogens (tertiary/aromatic N) is 2. The van der Waals surface area contributed by atoms with Crippen molar-refractivity contribution in [1.29, 1.82) is 0 Å². The molecule has 0 amide bonds. The van der Waals surface area contributed by atoms with Crippen molar-refractivity contribution in [3.63, 3.8) is 0 Å². The number of para-hydroxylation sites is 2. The minimum atomic E-state index is 0.540. The summed E-state index contributed by atoms with van der Waals surface area (Å²) in [7, 11) is 1.68. The highest BCUT2D eigenvalue weighted by Gasteiger charge is 2.09. The lowest BCUT2D eigenvalue weighted by Crippen LogP contribution is -1.98. The molecule has 0 N–H and O–H groups in total. The van der Waals surface area contributed by atoms with Crippen molar-refractivity contribution in [2.75, 3.05) is 7.11 Å². The Bertz CT molecular complexity index is 490. The van der Waals surface area contributed by atoms with Gasteiger partial charge in [-0.25, -0.2) is 4.68 Å². The van der Waals surface area contributed by atoms with E-state index in [0.717, 1.165) is 17.9 Å². The molecule has 0 saturated heterocycles. The van der Waals surface area contributed by atoms with Crippen molar-refractivity contribution in [1.82, 2.24) is 9.78 Å². The summed E-state index contributed by atoms with van der Waals surface area (Å²) in [5.74, 6) is 1.38. The maximum Gasteiger partial charge on any atom is 0.144 e. The van der Waals surface area contributed by atoms with Gasteiger partial charge in [0, 0.05) is 6.20 Å². The first-order chi connectivity index (χ1) is 8.26. The van der Waals surface area contributed by atoms with Gasteiger partial charge in [-0.15, -0.1) is 0 Å². The van der Waals surface area contributed by atoms with Crippen LogP contribution in [0.2, 0.25) is 0 Å². The summed E-state index contributed by atoms with van der Waals surface area (Å²) < 4.78 is 7.21. The quantitative estimate of drug-likeness (QED) is 0.805. The molecule has 0 bridgehead atoms. The highest BCUT2D eigenvalue weighted by Crippen LogP contribution is 2.24. The van der Waals surface area contributed by atoms with Crippen LogP contribution in [0, 0.1) is 0 Å². The van der Waals surface area contributed by atoms with Crippen molar-refractivity contribution in [2.45, 2.75) is 26.2 Å². The molecule has 0 aliphatic heterocycles. The van der Waals surface area contributed by atoms with Crippen molar-refractivity contribution < 1.29 is 4.74 Å². The van der Waals surface area contributed by atoms with Gasteiger partial charge in [0.2, 0.25) is 0 Å². The van der Waals surface area contributed by atoms with Crippen molar-refractivity contribution in [3.8, 4) is 11.4 Å². The monoisotopic (exact) mass is 230 g/mol. The Hall–Kier alpha value is -1.77. The lowest BCUT2D eigenvalue weighted by Gasteiger charge is -2.08. The summed E-state index contributed by atoms with van der Waals surface area (Å²) in [6.07, 6.45) is 5.13. The molecule has 0 spiro atoms. The summed E-state index contributed by atoms with van der Waals surface area (Å²) in [4.78, 5) is 0. The fourth-order valence-corrected chi connectivity index (χ4v) is 1.78. The predicted octanol–water partition coefficient (Wildman–Crippen LogP) is 3.39. The number of ether oxygens (including phenoxy) is 1. The molecule has 0 saturated carbocycles. The fraction of sp³-hybridized carbons (Fsp3) is 0.357. The third-order valence-corrected chi connectivity index (χ3v) is 3.12. The number of methoxy groups -OCH3 is 1. The summed E-state index contributed by atoms with van der Waals surface area (Å²) in [5.41, 5.74) is 2.24. The van der Waals surface area contributed by atoms with E-state index in [-0.39, 0.29) is 0 Å². The molecule has 2 aromatic rings. The molecule has 0 radical (unpaired) electrons. The lowest BCUT2D eigenvalue weighted by molar-refractivity contribution is 0.411. The van der Waals surface area contributed by atoms with E-state index in [2.05, 4.69) is 25.1 Å². The molecule has 3 nitrogen and oxygen atoms in total. The maximum atomic E-state index is 5.33. The third kappa shape index (κ3) is 2.33. The number of hydrogen-bond acceptors (Lipinski definition) is 2. The van der Waals surface area contributed by atoms with E-state index < -0.39 is 0 Å². The molecular formula is C14H18N2O. The van der Waals surface area contributed by atoms with E-state index in [1.807, 2.05) is 35.1 Å². The first kappa shape index (κ1) is 11.7. The predicted molar refractivity (Wildman–Crippen MR) is 68.8 cm³/mol. The fourth-order valence-electron chi connectivity index (χ4n) is 1.78. The van der Waals surface area contributed by atoms with E-state index in [4.69, 9.17) is 4.74 Å². The smallest absolute Gasteiger partial charge is 0.144 e. The van der Waals surface area contributed by atoms with E-state index in [9.17, 15) is 0 Å². The number of aromatic nitrogens is 2. The number of rotatable bonds is 4. The van der Waals surface area contributed by atoms with Gasteiger partial charge in [0.1, 0.15) is 11.4 Å². The maximum absolute atomic E-state index is 5.33. The second kappa shape index (κ2) is 5.04. The summed E-state index contributed by atoms with van der Waals surface area (Å²) >= 11 is 0. The lowest BCUT2D eigenvalue weighted by atomic mass is 10.0. The molecule has 1 aromatic carbocycles. The zero-order chi connectivity index (χ0) is 12.3. The summed E-state index contributed by atoms with van der Waals surface area (Å²) in [6, 6.07) is 7.90. The van der Waals surface area contributed by atoms with Gasteiger partial charge >= 0.3 is 0 Å². The van der Waals surface area contributed by atoms with Gasteiger partial charge in [-0.05, 0) is 30.0 Å². The van der Waals surface area contributed by atoms with Crippen LogP contribution >= 0.6 is 0 Å². The van der Waals surface area contributed by atoms with E-state index in [1.165, 1.54) is 5.56 Å². The Kier molecular flexibility index (Phi) is 3.47. The zero-order valence-corrected chi connectivity index (χ0v) is 10.6. The first-order valence-electron chi connectivity index (χ1n) is 5.94. The molecule has 90 valence electrons. The minimum Gasteiger partial charge on any atom is -0.494 e. The van der Waals surface area contributed by atoms with Gasteiger partial charge in [0.05, 0.1) is 13.3 Å². The molecule has 1 atom stereocenters. The Morgan fingerprint density at radius 2 is 2.12 bits per heavy atom. The molecule has 1 heterocycles. The van der Waals surface area contributed by atoms with Crippen LogP contribution < -0.4 is 4.74 Å². The SMILES string of the molecule is CC[C@@H](C)c1cnn(-c2ccccc2OC)c1. The highest BCUT2D eigenvalue weighted by molar-refractivity contribution is 5.46. The Labute approximate surface area is 102 Å². The highest BCUT2D eigenvalue weighted by atomic mass is 16.5. The normalized spacial score (nSPS) is 12.4. The molecule has 17 heavy (non-hydrogen) atoms. The van der Waals surface area contributed by atoms with Crippen LogP contribution in [0.4, 0.5) is 0 Å².